The largest absolute Gasteiger partial charge is 0.497 e. The van der Waals surface area contributed by atoms with E-state index in [4.69, 9.17) is 9.47 Å². The van der Waals surface area contributed by atoms with Crippen LogP contribution in [0, 0.1) is 13.8 Å². The Morgan fingerprint density at radius 1 is 1.25 bits per heavy atom. The molecule has 1 saturated heterocycles. The third-order valence-corrected chi connectivity index (χ3v) is 6.31. The van der Waals surface area contributed by atoms with Gasteiger partial charge in [0.15, 0.2) is 5.96 Å². The second-order valence-electron chi connectivity index (χ2n) is 7.04. The van der Waals surface area contributed by atoms with Gasteiger partial charge in [-0.1, -0.05) is 0 Å². The molecule has 2 heterocycles. The van der Waals surface area contributed by atoms with Gasteiger partial charge >= 0.3 is 0 Å². The number of nitrogens with one attached hydrogen (secondary N) is 1. The Kier molecular flexibility index (Phi) is 6.78. The minimum absolute atomic E-state index is 0.439. The van der Waals surface area contributed by atoms with Gasteiger partial charge in [0.1, 0.15) is 11.5 Å². The Hall–Kier alpha value is -2.28. The van der Waals surface area contributed by atoms with Gasteiger partial charge in [0.05, 0.1) is 24.9 Å². The van der Waals surface area contributed by atoms with Crippen LogP contribution in [-0.4, -0.2) is 56.7 Å². The van der Waals surface area contributed by atoms with Crippen LogP contribution >= 0.6 is 11.3 Å². The Morgan fingerprint density at radius 3 is 2.54 bits per heavy atom. The van der Waals surface area contributed by atoms with Crippen LogP contribution in [0.2, 0.25) is 0 Å². The van der Waals surface area contributed by atoms with Crippen molar-refractivity contribution < 1.29 is 9.47 Å². The number of thiazole rings is 1. The summed E-state index contributed by atoms with van der Waals surface area (Å²) < 4.78 is 10.9. The summed E-state index contributed by atoms with van der Waals surface area (Å²) in [6.45, 7) is 6.94. The van der Waals surface area contributed by atoms with Crippen molar-refractivity contribution in [1.82, 2.24) is 15.2 Å². The Labute approximate surface area is 171 Å². The van der Waals surface area contributed by atoms with E-state index in [0.29, 0.717) is 5.92 Å². The van der Waals surface area contributed by atoms with Gasteiger partial charge < -0.3 is 19.7 Å². The predicted molar refractivity (Wildman–Crippen MR) is 115 cm³/mol. The first-order chi connectivity index (χ1) is 13.5. The van der Waals surface area contributed by atoms with Crippen LogP contribution in [0.1, 0.15) is 33.5 Å². The third kappa shape index (κ3) is 4.76. The minimum atomic E-state index is 0.439. The van der Waals surface area contributed by atoms with E-state index < -0.39 is 0 Å². The lowest BCUT2D eigenvalue weighted by atomic mass is 9.98. The van der Waals surface area contributed by atoms with E-state index in [1.54, 1.807) is 25.6 Å². The summed E-state index contributed by atoms with van der Waals surface area (Å²) >= 11 is 1.78. The van der Waals surface area contributed by atoms with E-state index in [1.807, 2.05) is 13.1 Å². The van der Waals surface area contributed by atoms with Gasteiger partial charge in [-0.15, -0.1) is 11.3 Å². The zero-order valence-corrected chi connectivity index (χ0v) is 18.2. The highest BCUT2D eigenvalue weighted by atomic mass is 32.1. The van der Waals surface area contributed by atoms with Gasteiger partial charge in [-0.2, -0.15) is 0 Å². The zero-order valence-electron chi connectivity index (χ0n) is 17.4. The normalized spacial score (nSPS) is 17.1. The van der Waals surface area contributed by atoms with Gasteiger partial charge in [0, 0.05) is 50.0 Å². The number of aryl methyl sites for hydroxylation is 2. The molecule has 7 heteroatoms. The fraction of sp³-hybridized carbons (Fsp3) is 0.524. The van der Waals surface area contributed by atoms with E-state index in [1.165, 1.54) is 10.4 Å². The number of hydrogen-bond donors (Lipinski definition) is 1. The highest BCUT2D eigenvalue weighted by molar-refractivity contribution is 7.11. The summed E-state index contributed by atoms with van der Waals surface area (Å²) in [5.41, 5.74) is 2.40. The quantitative estimate of drug-likeness (QED) is 0.593. The number of likely N-dealkylation sites (tertiary alicyclic amines) is 1. The molecule has 1 aromatic heterocycles. The zero-order chi connectivity index (χ0) is 20.1. The molecule has 3 rings (SSSR count). The van der Waals surface area contributed by atoms with Crippen molar-refractivity contribution in [3.8, 4) is 11.5 Å². The Balaban J connectivity index is 1.59. The summed E-state index contributed by atoms with van der Waals surface area (Å²) in [4.78, 5) is 12.7. The molecule has 0 spiro atoms. The van der Waals surface area contributed by atoms with E-state index in [2.05, 4.69) is 46.2 Å². The molecule has 1 fully saturated rings. The van der Waals surface area contributed by atoms with E-state index in [0.717, 1.165) is 60.6 Å². The number of hydrogen-bond acceptors (Lipinski definition) is 5. The number of aromatic nitrogens is 1. The number of benzene rings is 1. The molecular weight excluding hydrogens is 372 g/mol. The van der Waals surface area contributed by atoms with Crippen LogP contribution in [-0.2, 0) is 6.42 Å². The molecule has 6 nitrogen and oxygen atoms in total. The molecule has 1 aromatic carbocycles. The predicted octanol–water partition coefficient (Wildman–Crippen LogP) is 3.38. The second-order valence-corrected chi connectivity index (χ2v) is 8.33. The van der Waals surface area contributed by atoms with Crippen LogP contribution in [0.25, 0.3) is 0 Å². The van der Waals surface area contributed by atoms with Gasteiger partial charge in [0.2, 0.25) is 0 Å². The molecule has 0 amide bonds. The minimum Gasteiger partial charge on any atom is -0.497 e. The molecule has 0 bridgehead atoms. The van der Waals surface area contributed by atoms with Crippen molar-refractivity contribution in [2.75, 3.05) is 40.9 Å². The second kappa shape index (κ2) is 9.28. The topological polar surface area (TPSA) is 59.0 Å². The summed E-state index contributed by atoms with van der Waals surface area (Å²) in [6, 6.07) is 6.14. The lowest BCUT2D eigenvalue weighted by molar-refractivity contribution is 0.392. The Morgan fingerprint density at radius 2 is 1.96 bits per heavy atom. The van der Waals surface area contributed by atoms with Crippen molar-refractivity contribution in [3.05, 3.63) is 39.3 Å². The van der Waals surface area contributed by atoms with Crippen molar-refractivity contribution in [3.63, 3.8) is 0 Å². The lowest BCUT2D eigenvalue weighted by Gasteiger charge is -2.22. The maximum Gasteiger partial charge on any atom is 0.193 e. The molecule has 1 N–H and O–H groups in total. The van der Waals surface area contributed by atoms with Crippen LogP contribution < -0.4 is 14.8 Å². The molecule has 0 radical (unpaired) electrons. The molecule has 1 aliphatic heterocycles. The first kappa shape index (κ1) is 20.5. The van der Waals surface area contributed by atoms with Crippen LogP contribution in [0.15, 0.2) is 23.2 Å². The fourth-order valence-electron chi connectivity index (χ4n) is 3.72. The number of rotatable bonds is 6. The number of guanidine groups is 1. The van der Waals surface area contributed by atoms with E-state index >= 15 is 0 Å². The summed E-state index contributed by atoms with van der Waals surface area (Å²) in [5.74, 6) is 3.08. The highest BCUT2D eigenvalue weighted by Crippen LogP contribution is 2.32. The van der Waals surface area contributed by atoms with Gasteiger partial charge in [-0.3, -0.25) is 4.99 Å². The average Bonchev–Trinajstić information content (AvgIpc) is 3.31. The van der Waals surface area contributed by atoms with Crippen LogP contribution in [0.3, 0.4) is 0 Å². The summed E-state index contributed by atoms with van der Waals surface area (Å²) in [7, 11) is 5.24. The molecule has 1 unspecified atom stereocenters. The van der Waals surface area contributed by atoms with Gasteiger partial charge in [-0.05, 0) is 38.0 Å². The molecule has 28 heavy (non-hydrogen) atoms. The van der Waals surface area contributed by atoms with E-state index in [9.17, 15) is 0 Å². The van der Waals surface area contributed by atoms with Crippen molar-refractivity contribution >= 4 is 17.3 Å². The smallest absolute Gasteiger partial charge is 0.193 e. The summed E-state index contributed by atoms with van der Waals surface area (Å²) in [6.07, 6.45) is 2.06. The average molecular weight is 403 g/mol. The fourth-order valence-corrected chi connectivity index (χ4v) is 4.65. The molecule has 0 saturated carbocycles. The number of methoxy groups -OCH3 is 2. The monoisotopic (exact) mass is 402 g/mol. The lowest BCUT2D eigenvalue weighted by Crippen LogP contribution is -2.40. The van der Waals surface area contributed by atoms with Crippen molar-refractivity contribution in [2.45, 2.75) is 32.6 Å². The van der Waals surface area contributed by atoms with E-state index in [-0.39, 0.29) is 0 Å². The maximum absolute atomic E-state index is 5.43. The number of nitrogens with zero attached hydrogens (tertiary/aromatic N) is 3. The number of aliphatic imine (C=N–C) groups is 1. The maximum atomic E-state index is 5.43. The van der Waals surface area contributed by atoms with Crippen LogP contribution in [0.5, 0.6) is 11.5 Å². The molecular formula is C21H30N4O2S. The summed E-state index contributed by atoms with van der Waals surface area (Å²) in [5, 5.41) is 4.65. The van der Waals surface area contributed by atoms with Crippen LogP contribution in [0.4, 0.5) is 0 Å². The molecule has 1 aliphatic rings. The van der Waals surface area contributed by atoms with Crippen molar-refractivity contribution in [2.24, 2.45) is 4.99 Å². The number of ether oxygens (including phenoxy) is 2. The first-order valence-electron chi connectivity index (χ1n) is 9.65. The Bertz CT molecular complexity index is 812. The first-order valence-corrected chi connectivity index (χ1v) is 10.5. The molecule has 0 aliphatic carbocycles. The SMILES string of the molecule is CN=C(NCCc1sc(C)nc1C)N1CCC(c2cc(OC)cc(OC)c2)C1. The standard InChI is InChI=1S/C21H30N4O2S/c1-14-20(28-15(2)24-14)6-8-23-21(22-3)25-9-7-16(13-25)17-10-18(26-4)12-19(11-17)27-5/h10-12,16H,6-9,13H2,1-5H3,(H,22,23). The third-order valence-electron chi connectivity index (χ3n) is 5.18. The van der Waals surface area contributed by atoms with Gasteiger partial charge in [-0.25, -0.2) is 4.98 Å². The highest BCUT2D eigenvalue weighted by Gasteiger charge is 2.26. The van der Waals surface area contributed by atoms with Gasteiger partial charge in [0.25, 0.3) is 0 Å². The molecule has 1 atom stereocenters. The van der Waals surface area contributed by atoms with Crippen molar-refractivity contribution in [1.29, 1.82) is 0 Å². The molecule has 152 valence electrons. The molecule has 2 aromatic rings.